The molecule has 1 aromatic carbocycles. The number of piperidine rings is 1. The minimum Gasteiger partial charge on any atom is -0.378 e. The number of amides is 1. The Bertz CT molecular complexity index is 474. The summed E-state index contributed by atoms with van der Waals surface area (Å²) in [5.74, 6) is 0.114. The minimum atomic E-state index is 0.114. The van der Waals surface area contributed by atoms with E-state index in [2.05, 4.69) is 6.92 Å². The monoisotopic (exact) mass is 290 g/mol. The van der Waals surface area contributed by atoms with E-state index in [0.717, 1.165) is 43.7 Å². The lowest BCUT2D eigenvalue weighted by Gasteiger charge is -2.33. The molecule has 2 rings (SSSR count). The molecule has 21 heavy (non-hydrogen) atoms. The molecule has 0 saturated carbocycles. The highest BCUT2D eigenvalue weighted by Crippen LogP contribution is 2.19. The lowest BCUT2D eigenvalue weighted by Crippen LogP contribution is -2.43. The van der Waals surface area contributed by atoms with Gasteiger partial charge < -0.3 is 14.5 Å². The van der Waals surface area contributed by atoms with Gasteiger partial charge in [-0.1, -0.05) is 13.0 Å². The van der Waals surface area contributed by atoms with Gasteiger partial charge in [0.05, 0.1) is 6.10 Å². The lowest BCUT2D eigenvalue weighted by atomic mass is 10.1. The van der Waals surface area contributed by atoms with Crippen molar-refractivity contribution in [3.63, 3.8) is 0 Å². The van der Waals surface area contributed by atoms with Crippen LogP contribution in [0.25, 0.3) is 0 Å². The summed E-state index contributed by atoms with van der Waals surface area (Å²) in [6.07, 6.45) is 3.30. The number of nitrogens with zero attached hydrogens (tertiary/aromatic N) is 2. The quantitative estimate of drug-likeness (QED) is 0.836. The number of likely N-dealkylation sites (tertiary alicyclic amines) is 1. The molecule has 0 aromatic heterocycles. The Balaban J connectivity index is 2.03. The summed E-state index contributed by atoms with van der Waals surface area (Å²) in [5.41, 5.74) is 1.81. The van der Waals surface area contributed by atoms with Crippen LogP contribution >= 0.6 is 0 Å². The molecule has 4 heteroatoms. The average molecular weight is 290 g/mol. The second kappa shape index (κ2) is 7.46. The van der Waals surface area contributed by atoms with Crippen LogP contribution < -0.4 is 4.90 Å². The molecule has 1 aliphatic heterocycles. The minimum absolute atomic E-state index is 0.114. The topological polar surface area (TPSA) is 32.8 Å². The van der Waals surface area contributed by atoms with Crippen LogP contribution in [-0.4, -0.2) is 50.7 Å². The maximum absolute atomic E-state index is 12.6. The van der Waals surface area contributed by atoms with E-state index in [4.69, 9.17) is 4.74 Å². The van der Waals surface area contributed by atoms with E-state index in [1.165, 1.54) is 0 Å². The fourth-order valence-electron chi connectivity index (χ4n) is 2.64. The summed E-state index contributed by atoms with van der Waals surface area (Å²) in [7, 11) is 3.97. The number of rotatable bonds is 5. The molecular formula is C17H26N2O2. The normalized spacial score (nSPS) is 18.6. The van der Waals surface area contributed by atoms with Crippen LogP contribution in [0, 0.1) is 0 Å². The second-order valence-corrected chi connectivity index (χ2v) is 5.83. The van der Waals surface area contributed by atoms with Crippen LogP contribution in [0.4, 0.5) is 5.69 Å². The first-order valence-corrected chi connectivity index (χ1v) is 7.80. The summed E-state index contributed by atoms with van der Waals surface area (Å²) in [4.78, 5) is 16.6. The van der Waals surface area contributed by atoms with Gasteiger partial charge in [0.15, 0.2) is 0 Å². The summed E-state index contributed by atoms with van der Waals surface area (Å²) < 4.78 is 5.81. The Kier molecular flexibility index (Phi) is 5.62. The van der Waals surface area contributed by atoms with E-state index >= 15 is 0 Å². The van der Waals surface area contributed by atoms with Crippen molar-refractivity contribution in [1.82, 2.24) is 4.90 Å². The first-order valence-electron chi connectivity index (χ1n) is 7.80. The molecule has 1 heterocycles. The highest BCUT2D eigenvalue weighted by molar-refractivity contribution is 5.95. The molecule has 0 spiro atoms. The number of carbonyl (C=O) groups excluding carboxylic acids is 1. The van der Waals surface area contributed by atoms with Crippen LogP contribution in [-0.2, 0) is 4.74 Å². The Morgan fingerprint density at radius 2 is 2.24 bits per heavy atom. The SMILES string of the molecule is CCCO[C@H]1CCCN(C(=O)c2cccc(N(C)C)c2)C1. The Labute approximate surface area is 127 Å². The largest absolute Gasteiger partial charge is 0.378 e. The summed E-state index contributed by atoms with van der Waals surface area (Å²) in [6, 6.07) is 7.81. The van der Waals surface area contributed by atoms with Gasteiger partial charge in [0.25, 0.3) is 5.91 Å². The second-order valence-electron chi connectivity index (χ2n) is 5.83. The van der Waals surface area contributed by atoms with Crippen molar-refractivity contribution in [2.45, 2.75) is 32.3 Å². The summed E-state index contributed by atoms with van der Waals surface area (Å²) in [5, 5.41) is 0. The standard InChI is InChI=1S/C17H26N2O2/c1-4-11-21-16-9-6-10-19(13-16)17(20)14-7-5-8-15(12-14)18(2)3/h5,7-8,12,16H,4,6,9-11,13H2,1-3H3/t16-/m0/s1. The van der Waals surface area contributed by atoms with Gasteiger partial charge >= 0.3 is 0 Å². The number of hydrogen-bond donors (Lipinski definition) is 0. The maximum atomic E-state index is 12.6. The zero-order chi connectivity index (χ0) is 15.2. The number of anilines is 1. The van der Waals surface area contributed by atoms with Crippen molar-refractivity contribution in [2.75, 3.05) is 38.7 Å². The van der Waals surface area contributed by atoms with E-state index in [1.54, 1.807) is 0 Å². The number of ether oxygens (including phenoxy) is 1. The van der Waals surface area contributed by atoms with E-state index in [0.29, 0.717) is 6.54 Å². The zero-order valence-electron chi connectivity index (χ0n) is 13.3. The van der Waals surface area contributed by atoms with Gasteiger partial charge in [-0.15, -0.1) is 0 Å². The molecule has 0 N–H and O–H groups in total. The molecule has 0 bridgehead atoms. The number of hydrogen-bond acceptors (Lipinski definition) is 3. The third-order valence-electron chi connectivity index (χ3n) is 3.83. The smallest absolute Gasteiger partial charge is 0.254 e. The Morgan fingerprint density at radius 3 is 2.95 bits per heavy atom. The molecule has 0 aliphatic carbocycles. The van der Waals surface area contributed by atoms with Gasteiger partial charge in [-0.05, 0) is 37.5 Å². The van der Waals surface area contributed by atoms with Crippen LogP contribution in [0.15, 0.2) is 24.3 Å². The van der Waals surface area contributed by atoms with Crippen molar-refractivity contribution in [3.05, 3.63) is 29.8 Å². The van der Waals surface area contributed by atoms with Crippen LogP contribution in [0.5, 0.6) is 0 Å². The van der Waals surface area contributed by atoms with Gasteiger partial charge in [-0.25, -0.2) is 0 Å². The molecule has 1 aliphatic rings. The average Bonchev–Trinajstić information content (AvgIpc) is 2.52. The third-order valence-corrected chi connectivity index (χ3v) is 3.83. The van der Waals surface area contributed by atoms with Crippen molar-refractivity contribution >= 4 is 11.6 Å². The molecule has 0 radical (unpaired) electrons. The Hall–Kier alpha value is -1.55. The third kappa shape index (κ3) is 4.21. The van der Waals surface area contributed by atoms with E-state index in [9.17, 15) is 4.79 Å². The molecule has 1 atom stereocenters. The van der Waals surface area contributed by atoms with Crippen LogP contribution in [0.2, 0.25) is 0 Å². The first-order chi connectivity index (χ1) is 10.1. The highest BCUT2D eigenvalue weighted by atomic mass is 16.5. The number of benzene rings is 1. The molecule has 1 fully saturated rings. The predicted molar refractivity (Wildman–Crippen MR) is 85.9 cm³/mol. The fourth-order valence-corrected chi connectivity index (χ4v) is 2.64. The summed E-state index contributed by atoms with van der Waals surface area (Å²) in [6.45, 7) is 4.43. The van der Waals surface area contributed by atoms with Gasteiger partial charge in [-0.2, -0.15) is 0 Å². The first kappa shape index (κ1) is 15.8. The molecule has 1 aromatic rings. The zero-order valence-corrected chi connectivity index (χ0v) is 13.3. The fraction of sp³-hybridized carbons (Fsp3) is 0.588. The Morgan fingerprint density at radius 1 is 1.43 bits per heavy atom. The van der Waals surface area contributed by atoms with Crippen LogP contribution in [0.1, 0.15) is 36.5 Å². The van der Waals surface area contributed by atoms with Gasteiger partial charge in [0.2, 0.25) is 0 Å². The van der Waals surface area contributed by atoms with Gasteiger partial charge in [-0.3, -0.25) is 4.79 Å². The summed E-state index contributed by atoms with van der Waals surface area (Å²) >= 11 is 0. The molecular weight excluding hydrogens is 264 g/mol. The lowest BCUT2D eigenvalue weighted by molar-refractivity contribution is 0.00211. The van der Waals surface area contributed by atoms with Gasteiger partial charge in [0, 0.05) is 45.0 Å². The van der Waals surface area contributed by atoms with E-state index in [1.807, 2.05) is 48.2 Å². The molecule has 1 amide bonds. The number of carbonyl (C=O) groups is 1. The molecule has 1 saturated heterocycles. The highest BCUT2D eigenvalue weighted by Gasteiger charge is 2.24. The molecule has 0 unspecified atom stereocenters. The van der Waals surface area contributed by atoms with Crippen molar-refractivity contribution < 1.29 is 9.53 Å². The molecule has 4 nitrogen and oxygen atoms in total. The van der Waals surface area contributed by atoms with E-state index < -0.39 is 0 Å². The van der Waals surface area contributed by atoms with Crippen molar-refractivity contribution in [3.8, 4) is 0 Å². The van der Waals surface area contributed by atoms with Gasteiger partial charge in [0.1, 0.15) is 0 Å². The van der Waals surface area contributed by atoms with Crippen molar-refractivity contribution in [1.29, 1.82) is 0 Å². The van der Waals surface area contributed by atoms with Crippen LogP contribution in [0.3, 0.4) is 0 Å². The van der Waals surface area contributed by atoms with Crippen molar-refractivity contribution in [2.24, 2.45) is 0 Å². The molecule has 116 valence electrons. The predicted octanol–water partition coefficient (Wildman–Crippen LogP) is 2.78. The van der Waals surface area contributed by atoms with E-state index in [-0.39, 0.29) is 12.0 Å². The maximum Gasteiger partial charge on any atom is 0.254 e.